The fraction of sp³-hybridized carbons (Fsp3) is 0.538. The number of benzene rings is 1. The molecule has 1 aliphatic carbocycles. The number of nitrogens with one attached hydrogen (secondary N) is 1. The number of ether oxygens (including phenoxy) is 1. The number of nitrogen functional groups attached to an aromatic ring is 1. The lowest BCUT2D eigenvalue weighted by Gasteiger charge is -2.34. The van der Waals surface area contributed by atoms with E-state index < -0.39 is 0 Å². The minimum atomic E-state index is 0.481. The van der Waals surface area contributed by atoms with Crippen LogP contribution in [0.4, 0.5) is 5.69 Å². The molecule has 0 unspecified atom stereocenters. The van der Waals surface area contributed by atoms with Crippen molar-refractivity contribution in [1.82, 2.24) is 5.32 Å². The molecule has 0 aliphatic heterocycles. The molecule has 0 radical (unpaired) electrons. The minimum Gasteiger partial charge on any atom is -0.399 e. The summed E-state index contributed by atoms with van der Waals surface area (Å²) in [4.78, 5) is 0. The average Bonchev–Trinajstić information content (AvgIpc) is 2.24. The Morgan fingerprint density at radius 1 is 1.31 bits per heavy atom. The van der Waals surface area contributed by atoms with Crippen molar-refractivity contribution in [2.45, 2.75) is 31.4 Å². The van der Waals surface area contributed by atoms with Crippen molar-refractivity contribution in [3.63, 3.8) is 0 Å². The summed E-state index contributed by atoms with van der Waals surface area (Å²) in [6.07, 6.45) is 3.85. The Kier molecular flexibility index (Phi) is 3.80. The van der Waals surface area contributed by atoms with Gasteiger partial charge in [0.25, 0.3) is 0 Å². The third-order valence-electron chi connectivity index (χ3n) is 3.25. The van der Waals surface area contributed by atoms with Crippen LogP contribution in [0, 0.1) is 0 Å². The van der Waals surface area contributed by atoms with E-state index in [0.29, 0.717) is 12.1 Å². The monoisotopic (exact) mass is 220 g/mol. The Morgan fingerprint density at radius 2 is 2.00 bits per heavy atom. The van der Waals surface area contributed by atoms with Crippen molar-refractivity contribution in [2.24, 2.45) is 0 Å². The highest BCUT2D eigenvalue weighted by Gasteiger charge is 2.27. The van der Waals surface area contributed by atoms with E-state index in [1.54, 1.807) is 7.11 Å². The highest BCUT2D eigenvalue weighted by molar-refractivity contribution is 5.39. The first-order chi connectivity index (χ1) is 7.78. The van der Waals surface area contributed by atoms with Crippen LogP contribution in [0.25, 0.3) is 0 Å². The molecule has 0 aromatic heterocycles. The van der Waals surface area contributed by atoms with E-state index in [-0.39, 0.29) is 0 Å². The zero-order valence-corrected chi connectivity index (χ0v) is 9.78. The molecule has 88 valence electrons. The maximum Gasteiger partial charge on any atom is 0.0601 e. The molecule has 0 amide bonds. The predicted octanol–water partition coefficient (Wildman–Crippen LogP) is 1.58. The van der Waals surface area contributed by atoms with E-state index in [4.69, 9.17) is 10.5 Å². The van der Waals surface area contributed by atoms with Gasteiger partial charge >= 0.3 is 0 Å². The summed E-state index contributed by atoms with van der Waals surface area (Å²) in [5, 5.41) is 3.54. The summed E-state index contributed by atoms with van der Waals surface area (Å²) in [5.41, 5.74) is 7.80. The van der Waals surface area contributed by atoms with Crippen LogP contribution in [0.5, 0.6) is 0 Å². The molecule has 2 rings (SSSR count). The van der Waals surface area contributed by atoms with Gasteiger partial charge in [-0.25, -0.2) is 0 Å². The number of methoxy groups -OCH3 is 1. The second-order valence-electron chi connectivity index (χ2n) is 4.47. The molecule has 16 heavy (non-hydrogen) atoms. The topological polar surface area (TPSA) is 47.3 Å². The molecule has 0 saturated heterocycles. The first-order valence-corrected chi connectivity index (χ1v) is 5.88. The Bertz CT molecular complexity index is 317. The summed E-state index contributed by atoms with van der Waals surface area (Å²) < 4.78 is 5.24. The van der Waals surface area contributed by atoms with Crippen LogP contribution >= 0.6 is 0 Å². The van der Waals surface area contributed by atoms with Gasteiger partial charge in [-0.3, -0.25) is 0 Å². The van der Waals surface area contributed by atoms with Gasteiger partial charge in [-0.15, -0.1) is 0 Å². The summed E-state index contributed by atoms with van der Waals surface area (Å²) in [6, 6.07) is 8.75. The fourth-order valence-electron chi connectivity index (χ4n) is 2.03. The zero-order chi connectivity index (χ0) is 11.4. The van der Waals surface area contributed by atoms with Crippen LogP contribution in [-0.4, -0.2) is 25.8 Å². The van der Waals surface area contributed by atoms with Crippen LogP contribution in [-0.2, 0) is 11.2 Å². The van der Waals surface area contributed by atoms with Crippen LogP contribution in [0.2, 0.25) is 0 Å². The van der Waals surface area contributed by atoms with Crippen molar-refractivity contribution in [1.29, 1.82) is 0 Å². The third-order valence-corrected chi connectivity index (χ3v) is 3.25. The Morgan fingerprint density at radius 3 is 2.62 bits per heavy atom. The molecule has 0 heterocycles. The van der Waals surface area contributed by atoms with E-state index in [1.807, 2.05) is 12.1 Å². The lowest BCUT2D eigenvalue weighted by molar-refractivity contribution is 0.0177. The van der Waals surface area contributed by atoms with E-state index in [0.717, 1.165) is 31.5 Å². The molecule has 1 aliphatic rings. The van der Waals surface area contributed by atoms with Crippen molar-refractivity contribution in [2.75, 3.05) is 19.4 Å². The third kappa shape index (κ3) is 2.97. The van der Waals surface area contributed by atoms with Gasteiger partial charge in [0.1, 0.15) is 0 Å². The molecular formula is C13H20N2O. The van der Waals surface area contributed by atoms with Crippen molar-refractivity contribution < 1.29 is 4.74 Å². The maximum atomic E-state index is 5.64. The van der Waals surface area contributed by atoms with Crippen molar-refractivity contribution in [3.05, 3.63) is 29.8 Å². The number of hydrogen-bond acceptors (Lipinski definition) is 3. The van der Waals surface area contributed by atoms with Gasteiger partial charge in [0, 0.05) is 18.8 Å². The summed E-state index contributed by atoms with van der Waals surface area (Å²) >= 11 is 0. The van der Waals surface area contributed by atoms with Crippen molar-refractivity contribution in [3.8, 4) is 0 Å². The minimum absolute atomic E-state index is 0.481. The number of nitrogens with two attached hydrogens (primary N) is 1. The number of hydrogen-bond donors (Lipinski definition) is 2. The summed E-state index contributed by atoms with van der Waals surface area (Å²) in [6.45, 7) is 1.03. The Labute approximate surface area is 97.0 Å². The number of rotatable bonds is 5. The highest BCUT2D eigenvalue weighted by atomic mass is 16.5. The van der Waals surface area contributed by atoms with Gasteiger partial charge in [0.2, 0.25) is 0 Å². The van der Waals surface area contributed by atoms with Gasteiger partial charge < -0.3 is 15.8 Å². The zero-order valence-electron chi connectivity index (χ0n) is 9.78. The molecule has 3 nitrogen and oxygen atoms in total. The molecular weight excluding hydrogens is 200 g/mol. The van der Waals surface area contributed by atoms with Gasteiger partial charge in [-0.05, 0) is 43.5 Å². The van der Waals surface area contributed by atoms with Crippen LogP contribution in [0.15, 0.2) is 24.3 Å². The largest absolute Gasteiger partial charge is 0.399 e. The summed E-state index contributed by atoms with van der Waals surface area (Å²) in [5.74, 6) is 0. The quantitative estimate of drug-likeness (QED) is 0.741. The first kappa shape index (κ1) is 11.4. The van der Waals surface area contributed by atoms with Crippen LogP contribution < -0.4 is 11.1 Å². The second-order valence-corrected chi connectivity index (χ2v) is 4.47. The molecule has 1 aromatic carbocycles. The SMILES string of the molecule is COC1CC(NCCc2ccc(N)cc2)C1. The highest BCUT2D eigenvalue weighted by Crippen LogP contribution is 2.22. The smallest absolute Gasteiger partial charge is 0.0601 e. The molecule has 0 atom stereocenters. The first-order valence-electron chi connectivity index (χ1n) is 5.88. The van der Waals surface area contributed by atoms with Gasteiger partial charge in [0.15, 0.2) is 0 Å². The molecule has 3 N–H and O–H groups in total. The predicted molar refractivity (Wildman–Crippen MR) is 66.4 cm³/mol. The molecule has 0 spiro atoms. The van der Waals surface area contributed by atoms with E-state index in [1.165, 1.54) is 5.56 Å². The summed E-state index contributed by atoms with van der Waals surface area (Å²) in [7, 11) is 1.79. The van der Waals surface area contributed by atoms with Crippen LogP contribution in [0.3, 0.4) is 0 Å². The van der Waals surface area contributed by atoms with E-state index in [2.05, 4.69) is 17.4 Å². The van der Waals surface area contributed by atoms with Crippen LogP contribution in [0.1, 0.15) is 18.4 Å². The van der Waals surface area contributed by atoms with E-state index >= 15 is 0 Å². The molecule has 1 aromatic rings. The molecule has 1 fully saturated rings. The van der Waals surface area contributed by atoms with Gasteiger partial charge in [-0.1, -0.05) is 12.1 Å². The molecule has 3 heteroatoms. The van der Waals surface area contributed by atoms with Gasteiger partial charge in [-0.2, -0.15) is 0 Å². The normalized spacial score (nSPS) is 24.1. The standard InChI is InChI=1S/C13H20N2O/c1-16-13-8-12(9-13)15-7-6-10-2-4-11(14)5-3-10/h2-5,12-13,15H,6-9,14H2,1H3. The lowest BCUT2D eigenvalue weighted by Crippen LogP contribution is -2.45. The number of anilines is 1. The molecule has 0 bridgehead atoms. The van der Waals surface area contributed by atoms with E-state index in [9.17, 15) is 0 Å². The van der Waals surface area contributed by atoms with Crippen molar-refractivity contribution >= 4 is 5.69 Å². The maximum absolute atomic E-state index is 5.64. The Hall–Kier alpha value is -1.06. The lowest BCUT2D eigenvalue weighted by atomic mass is 9.89. The Balaban J connectivity index is 1.63. The average molecular weight is 220 g/mol. The van der Waals surface area contributed by atoms with Gasteiger partial charge in [0.05, 0.1) is 6.10 Å². The fourth-order valence-corrected chi connectivity index (χ4v) is 2.03. The second kappa shape index (κ2) is 5.32. The molecule has 1 saturated carbocycles.